The van der Waals surface area contributed by atoms with Gasteiger partial charge in [0.05, 0.1) is 33.5 Å². The number of aryl methyl sites for hydroxylation is 1. The van der Waals surface area contributed by atoms with Crippen molar-refractivity contribution in [1.82, 2.24) is 9.78 Å². The maximum Gasteiger partial charge on any atom is 0.258 e. The van der Waals surface area contributed by atoms with E-state index in [0.717, 1.165) is 32.5 Å². The molecule has 0 spiro atoms. The highest BCUT2D eigenvalue weighted by molar-refractivity contribution is 9.10. The molecule has 1 atom stereocenters. The summed E-state index contributed by atoms with van der Waals surface area (Å²) < 4.78 is 14.6. The van der Waals surface area contributed by atoms with Gasteiger partial charge in [0, 0.05) is 20.8 Å². The molecular weight excluding hydrogens is 462 g/mol. The molecule has 1 aliphatic heterocycles. The first kappa shape index (κ1) is 19.4. The van der Waals surface area contributed by atoms with Crippen LogP contribution in [0.25, 0.3) is 5.69 Å². The summed E-state index contributed by atoms with van der Waals surface area (Å²) in [5, 5.41) is 7.99. The number of rotatable bonds is 3. The Bertz CT molecular complexity index is 1140. The zero-order valence-electron chi connectivity index (χ0n) is 15.3. The van der Waals surface area contributed by atoms with E-state index in [1.54, 1.807) is 22.9 Å². The summed E-state index contributed by atoms with van der Waals surface area (Å²) in [6.45, 7) is 4.05. The first-order valence-corrected chi connectivity index (χ1v) is 11.3. The van der Waals surface area contributed by atoms with Crippen LogP contribution < -0.4 is 5.32 Å². The number of benzene rings is 2. The minimum atomic E-state index is -1.00. The van der Waals surface area contributed by atoms with Crippen molar-refractivity contribution < 1.29 is 9.00 Å². The first-order valence-electron chi connectivity index (χ1n) is 8.64. The average molecular weight is 479 g/mol. The van der Waals surface area contributed by atoms with Gasteiger partial charge in [-0.25, -0.2) is 4.68 Å². The Balaban J connectivity index is 1.82. The van der Waals surface area contributed by atoms with Crippen LogP contribution in [0.5, 0.6) is 0 Å². The van der Waals surface area contributed by atoms with Crippen LogP contribution in [0, 0.1) is 13.8 Å². The van der Waals surface area contributed by atoms with Gasteiger partial charge in [-0.15, -0.1) is 0 Å². The van der Waals surface area contributed by atoms with Gasteiger partial charge in [-0.3, -0.25) is 9.00 Å². The van der Waals surface area contributed by atoms with Gasteiger partial charge in [-0.2, -0.15) is 5.10 Å². The normalized spacial score (nSPS) is 15.5. The predicted octanol–water partition coefficient (Wildman–Crippen LogP) is 4.92. The van der Waals surface area contributed by atoms with Crippen molar-refractivity contribution in [1.29, 1.82) is 0 Å². The van der Waals surface area contributed by atoms with Crippen LogP contribution in [0.15, 0.2) is 40.9 Å². The van der Waals surface area contributed by atoms with Crippen LogP contribution in [-0.4, -0.2) is 19.9 Å². The molecule has 0 radical (unpaired) electrons. The molecule has 0 aliphatic carbocycles. The van der Waals surface area contributed by atoms with Crippen LogP contribution in [-0.2, 0) is 22.3 Å². The lowest BCUT2D eigenvalue weighted by molar-refractivity contribution is 0.102. The highest BCUT2D eigenvalue weighted by Crippen LogP contribution is 2.33. The minimum Gasteiger partial charge on any atom is -0.306 e. The summed E-state index contributed by atoms with van der Waals surface area (Å²) in [6.07, 6.45) is 0. The maximum absolute atomic E-state index is 13.0. The molecule has 1 aliphatic rings. The largest absolute Gasteiger partial charge is 0.306 e. The average Bonchev–Trinajstić information content (AvgIpc) is 3.16. The molecule has 2 heterocycles. The Morgan fingerprint density at radius 2 is 2.04 bits per heavy atom. The summed E-state index contributed by atoms with van der Waals surface area (Å²) in [6, 6.07) is 11.1. The van der Waals surface area contributed by atoms with Gasteiger partial charge in [0.1, 0.15) is 5.82 Å². The standard InChI is InChI=1S/C20H17BrClN3O2S/c1-11-4-3-5-18(12(11)2)25-19(15-9-28(27)10-17(15)24-25)23-20(26)14-8-13(21)6-7-16(14)22/h3-8H,9-10H2,1-2H3,(H,23,26). The third-order valence-electron chi connectivity index (χ3n) is 4.88. The first-order chi connectivity index (χ1) is 13.3. The Kier molecular flexibility index (Phi) is 5.16. The highest BCUT2D eigenvalue weighted by atomic mass is 79.9. The number of carbonyl (C=O) groups excluding carboxylic acids is 1. The molecule has 2 aromatic carbocycles. The van der Waals surface area contributed by atoms with E-state index in [9.17, 15) is 9.00 Å². The van der Waals surface area contributed by atoms with Crippen LogP contribution in [0.1, 0.15) is 32.7 Å². The number of halogens is 2. The molecule has 4 rings (SSSR count). The van der Waals surface area contributed by atoms with E-state index >= 15 is 0 Å². The number of fused-ring (bicyclic) bond motifs is 1. The van der Waals surface area contributed by atoms with Crippen LogP contribution >= 0.6 is 27.5 Å². The van der Waals surface area contributed by atoms with Gasteiger partial charge in [0.15, 0.2) is 0 Å². The number of nitrogens with one attached hydrogen (secondary N) is 1. The Morgan fingerprint density at radius 1 is 1.25 bits per heavy atom. The minimum absolute atomic E-state index is 0.335. The Labute approximate surface area is 178 Å². The summed E-state index contributed by atoms with van der Waals surface area (Å²) >= 11 is 9.59. The van der Waals surface area contributed by atoms with E-state index < -0.39 is 10.8 Å². The lowest BCUT2D eigenvalue weighted by Gasteiger charge is -2.14. The SMILES string of the molecule is Cc1cccc(-n2nc3c(c2NC(=O)c2cc(Br)ccc2Cl)CS(=O)C3)c1C. The Morgan fingerprint density at radius 3 is 2.82 bits per heavy atom. The molecule has 3 aromatic rings. The van der Waals surface area contributed by atoms with Crippen molar-refractivity contribution in [2.45, 2.75) is 25.4 Å². The van der Waals surface area contributed by atoms with Crippen LogP contribution in [0.2, 0.25) is 5.02 Å². The number of anilines is 1. The monoisotopic (exact) mass is 477 g/mol. The number of aromatic nitrogens is 2. The smallest absolute Gasteiger partial charge is 0.258 e. The fraction of sp³-hybridized carbons (Fsp3) is 0.200. The van der Waals surface area contributed by atoms with Crippen molar-refractivity contribution in [3.05, 3.63) is 73.8 Å². The maximum atomic E-state index is 13.0. The van der Waals surface area contributed by atoms with Gasteiger partial charge in [-0.1, -0.05) is 39.7 Å². The number of carbonyl (C=O) groups is 1. The molecule has 0 saturated heterocycles. The van der Waals surface area contributed by atoms with Gasteiger partial charge >= 0.3 is 0 Å². The van der Waals surface area contributed by atoms with Gasteiger partial charge in [-0.05, 0) is 49.2 Å². The van der Waals surface area contributed by atoms with Crippen LogP contribution in [0.4, 0.5) is 5.82 Å². The predicted molar refractivity (Wildman–Crippen MR) is 116 cm³/mol. The molecule has 144 valence electrons. The molecule has 0 fully saturated rings. The molecule has 1 N–H and O–H groups in total. The van der Waals surface area contributed by atoms with E-state index in [2.05, 4.69) is 26.3 Å². The molecule has 0 bridgehead atoms. The molecule has 1 unspecified atom stereocenters. The zero-order chi connectivity index (χ0) is 20.0. The number of nitrogens with zero attached hydrogens (tertiary/aromatic N) is 2. The summed E-state index contributed by atoms with van der Waals surface area (Å²) in [4.78, 5) is 13.0. The third kappa shape index (κ3) is 3.43. The quantitative estimate of drug-likeness (QED) is 0.581. The van der Waals surface area contributed by atoms with Crippen molar-refractivity contribution in [2.75, 3.05) is 5.32 Å². The molecule has 28 heavy (non-hydrogen) atoms. The van der Waals surface area contributed by atoms with Crippen molar-refractivity contribution in [3.8, 4) is 5.69 Å². The van der Waals surface area contributed by atoms with E-state index in [0.29, 0.717) is 27.9 Å². The van der Waals surface area contributed by atoms with Crippen molar-refractivity contribution >= 4 is 50.1 Å². The summed E-state index contributed by atoms with van der Waals surface area (Å²) in [5.74, 6) is 0.990. The highest BCUT2D eigenvalue weighted by Gasteiger charge is 2.29. The molecular formula is C20H17BrClN3O2S. The number of amides is 1. The van der Waals surface area contributed by atoms with E-state index in [1.807, 2.05) is 32.0 Å². The van der Waals surface area contributed by atoms with E-state index in [1.165, 1.54) is 0 Å². The number of hydrogen-bond acceptors (Lipinski definition) is 3. The fourth-order valence-electron chi connectivity index (χ4n) is 3.24. The van der Waals surface area contributed by atoms with Crippen molar-refractivity contribution in [3.63, 3.8) is 0 Å². The van der Waals surface area contributed by atoms with Crippen molar-refractivity contribution in [2.24, 2.45) is 0 Å². The lowest BCUT2D eigenvalue weighted by Crippen LogP contribution is -2.17. The lowest BCUT2D eigenvalue weighted by atomic mass is 10.1. The topological polar surface area (TPSA) is 64.0 Å². The molecule has 1 amide bonds. The number of hydrogen-bond donors (Lipinski definition) is 1. The van der Waals surface area contributed by atoms with Gasteiger partial charge < -0.3 is 5.32 Å². The van der Waals surface area contributed by atoms with E-state index in [-0.39, 0.29) is 5.91 Å². The van der Waals surface area contributed by atoms with Gasteiger partial charge in [0.2, 0.25) is 0 Å². The van der Waals surface area contributed by atoms with Crippen LogP contribution in [0.3, 0.4) is 0 Å². The Hall–Kier alpha value is -1.96. The zero-order valence-corrected chi connectivity index (χ0v) is 18.4. The molecule has 5 nitrogen and oxygen atoms in total. The second kappa shape index (κ2) is 7.46. The molecule has 1 aromatic heterocycles. The second-order valence-electron chi connectivity index (χ2n) is 6.71. The fourth-order valence-corrected chi connectivity index (χ4v) is 5.07. The van der Waals surface area contributed by atoms with E-state index in [4.69, 9.17) is 11.6 Å². The summed E-state index contributed by atoms with van der Waals surface area (Å²) in [7, 11) is -1.00. The molecule has 0 saturated carbocycles. The summed E-state index contributed by atoms with van der Waals surface area (Å²) in [5.41, 5.74) is 5.02. The second-order valence-corrected chi connectivity index (χ2v) is 9.49. The van der Waals surface area contributed by atoms with Gasteiger partial charge in [0.25, 0.3) is 5.91 Å². The molecule has 8 heteroatoms. The third-order valence-corrected chi connectivity index (χ3v) is 6.91.